The van der Waals surface area contributed by atoms with E-state index in [0.717, 1.165) is 57.8 Å². The van der Waals surface area contributed by atoms with Gasteiger partial charge in [0.05, 0.1) is 57.4 Å². The van der Waals surface area contributed by atoms with Crippen LogP contribution in [-0.2, 0) is 42.9 Å². The molecular formula is C55H103N5O15. The predicted molar refractivity (Wildman–Crippen MR) is 285 cm³/mol. The highest BCUT2D eigenvalue weighted by molar-refractivity contribution is 5.77. The Morgan fingerprint density at radius 3 is 1.59 bits per heavy atom. The summed E-state index contributed by atoms with van der Waals surface area (Å²) in [5, 5.41) is 74.0. The number of carbonyl (C=O) groups excluding carboxylic acids is 5. The molecule has 0 aromatic rings. The topological polar surface area (TPSA) is 304 Å². The Bertz CT molecular complexity index is 1500. The Labute approximate surface area is 448 Å². The molecule has 1 aliphatic carbocycles. The highest BCUT2D eigenvalue weighted by atomic mass is 16.7. The van der Waals surface area contributed by atoms with Crippen LogP contribution in [-0.4, -0.2) is 175 Å². The van der Waals surface area contributed by atoms with Gasteiger partial charge in [0.2, 0.25) is 29.5 Å². The van der Waals surface area contributed by atoms with E-state index in [1.165, 1.54) is 44.9 Å². The van der Waals surface area contributed by atoms with E-state index in [9.17, 15) is 54.6 Å². The Balaban J connectivity index is 1.57. The number of rotatable bonds is 49. The highest BCUT2D eigenvalue weighted by Crippen LogP contribution is 2.39. The number of carbonyl (C=O) groups is 5. The van der Waals surface area contributed by atoms with E-state index in [0.29, 0.717) is 90.1 Å². The minimum atomic E-state index is -1.16. The maximum absolute atomic E-state index is 12.9. The van der Waals surface area contributed by atoms with Crippen molar-refractivity contribution in [1.29, 1.82) is 0 Å². The van der Waals surface area contributed by atoms with Crippen LogP contribution in [0.5, 0.6) is 0 Å². The molecule has 1 aliphatic heterocycles. The summed E-state index contributed by atoms with van der Waals surface area (Å²) >= 11 is 0. The molecule has 0 bridgehead atoms. The molecule has 1 saturated heterocycles. The average molecular weight is 1070 g/mol. The van der Waals surface area contributed by atoms with Crippen LogP contribution >= 0.6 is 0 Å². The van der Waals surface area contributed by atoms with Gasteiger partial charge in [-0.15, -0.1) is 0 Å². The Morgan fingerprint density at radius 1 is 0.600 bits per heavy atom. The lowest BCUT2D eigenvalue weighted by atomic mass is 9.88. The van der Waals surface area contributed by atoms with Gasteiger partial charge in [-0.3, -0.25) is 24.0 Å². The zero-order valence-electron chi connectivity index (χ0n) is 46.0. The van der Waals surface area contributed by atoms with Crippen molar-refractivity contribution in [3.8, 4) is 0 Å². The lowest BCUT2D eigenvalue weighted by molar-refractivity contribution is -0.256. The number of hydrogen-bond acceptors (Lipinski definition) is 15. The molecule has 11 N–H and O–H groups in total. The van der Waals surface area contributed by atoms with Crippen LogP contribution in [0.4, 0.5) is 0 Å². The van der Waals surface area contributed by atoms with E-state index in [2.05, 4.69) is 40.4 Å². The third-order valence-electron chi connectivity index (χ3n) is 14.0. The van der Waals surface area contributed by atoms with Crippen LogP contribution in [0.25, 0.3) is 0 Å². The molecule has 1 heterocycles. The second kappa shape index (κ2) is 43.9. The Hall–Kier alpha value is -3.05. The fourth-order valence-electron chi connectivity index (χ4n) is 9.17. The molecule has 0 aromatic heterocycles. The monoisotopic (exact) mass is 1070 g/mol. The molecule has 9 unspecified atom stereocenters. The van der Waals surface area contributed by atoms with Crippen LogP contribution in [0.15, 0.2) is 0 Å². The van der Waals surface area contributed by atoms with Gasteiger partial charge in [0.25, 0.3) is 0 Å². The predicted octanol–water partition coefficient (Wildman–Crippen LogP) is 3.57. The third-order valence-corrected chi connectivity index (χ3v) is 14.0. The normalized spacial score (nSPS) is 19.6. The summed E-state index contributed by atoms with van der Waals surface area (Å²) in [5.41, 5.74) is 0. The summed E-state index contributed by atoms with van der Waals surface area (Å²) in [6.45, 7) is 6.18. The average Bonchev–Trinajstić information content (AvgIpc) is 4.23. The van der Waals surface area contributed by atoms with Gasteiger partial charge in [0.1, 0.15) is 12.2 Å². The summed E-state index contributed by atoms with van der Waals surface area (Å²) in [4.78, 5) is 62.5. The first-order chi connectivity index (χ1) is 36.3. The molecule has 2 fully saturated rings. The highest BCUT2D eigenvalue weighted by Gasteiger charge is 2.39. The minimum absolute atomic E-state index is 0.0326. The van der Waals surface area contributed by atoms with Crippen LogP contribution in [0.1, 0.15) is 187 Å². The Kier molecular flexibility index (Phi) is 39.8. The van der Waals surface area contributed by atoms with Gasteiger partial charge in [-0.1, -0.05) is 90.9 Å². The zero-order chi connectivity index (χ0) is 54.9. The molecule has 20 nitrogen and oxygen atoms in total. The SMILES string of the molecule is CCCCCCCCCCCCC(=O)NC(COCCC(=O)NCCCNC(=O)CCCCCC(C)CC(O)C(O)C(CO)C1CC1)COCCC(=O)NCCCNC(=O)CCCCOC1CC(O)C(O)C(CO)O1. The quantitative estimate of drug-likeness (QED) is 0.0388. The van der Waals surface area contributed by atoms with Gasteiger partial charge in [0.15, 0.2) is 6.29 Å². The van der Waals surface area contributed by atoms with Crippen molar-refractivity contribution < 1.29 is 73.6 Å². The number of aliphatic hydroxyl groups excluding tert-OH is 6. The van der Waals surface area contributed by atoms with Crippen LogP contribution in [0.3, 0.4) is 0 Å². The van der Waals surface area contributed by atoms with Crippen LogP contribution < -0.4 is 26.6 Å². The van der Waals surface area contributed by atoms with Gasteiger partial charge in [0, 0.05) is 83.8 Å². The maximum atomic E-state index is 12.9. The van der Waals surface area contributed by atoms with Gasteiger partial charge >= 0.3 is 0 Å². The number of hydrogen-bond donors (Lipinski definition) is 11. The summed E-state index contributed by atoms with van der Waals surface area (Å²) in [6.07, 6.45) is 15.8. The largest absolute Gasteiger partial charge is 0.396 e. The first kappa shape index (κ1) is 68.1. The number of aliphatic hydroxyl groups is 6. The van der Waals surface area contributed by atoms with E-state index >= 15 is 0 Å². The van der Waals surface area contributed by atoms with E-state index in [4.69, 9.17) is 18.9 Å². The zero-order valence-corrected chi connectivity index (χ0v) is 46.0. The molecule has 2 rings (SSSR count). The fraction of sp³-hybridized carbons (Fsp3) is 0.909. The van der Waals surface area contributed by atoms with Crippen molar-refractivity contribution in [3.63, 3.8) is 0 Å². The molecule has 438 valence electrons. The minimum Gasteiger partial charge on any atom is -0.396 e. The van der Waals surface area contributed by atoms with Crippen molar-refractivity contribution in [2.24, 2.45) is 17.8 Å². The molecule has 2 aliphatic rings. The Morgan fingerprint density at radius 2 is 1.08 bits per heavy atom. The molecule has 0 spiro atoms. The van der Waals surface area contributed by atoms with Crippen LogP contribution in [0.2, 0.25) is 0 Å². The van der Waals surface area contributed by atoms with Crippen LogP contribution in [0, 0.1) is 17.8 Å². The third kappa shape index (κ3) is 35.2. The van der Waals surface area contributed by atoms with Gasteiger partial charge in [-0.25, -0.2) is 0 Å². The van der Waals surface area contributed by atoms with Crippen molar-refractivity contribution >= 4 is 29.5 Å². The van der Waals surface area contributed by atoms with E-state index < -0.39 is 49.5 Å². The van der Waals surface area contributed by atoms with Crippen molar-refractivity contribution in [2.75, 3.05) is 72.4 Å². The first-order valence-corrected chi connectivity index (χ1v) is 29.0. The molecule has 75 heavy (non-hydrogen) atoms. The molecule has 5 amide bonds. The van der Waals surface area contributed by atoms with Gasteiger partial charge in [-0.05, 0) is 69.6 Å². The second-order valence-electron chi connectivity index (χ2n) is 21.0. The summed E-state index contributed by atoms with van der Waals surface area (Å²) in [5.74, 6) is -0.346. The van der Waals surface area contributed by atoms with E-state index in [1.807, 2.05) is 0 Å². The molecule has 1 saturated carbocycles. The lowest BCUT2D eigenvalue weighted by Crippen LogP contribution is -2.50. The molecule has 20 heteroatoms. The van der Waals surface area contributed by atoms with Gasteiger partial charge in [-0.2, -0.15) is 0 Å². The molecule has 9 atom stereocenters. The van der Waals surface area contributed by atoms with Crippen molar-refractivity contribution in [3.05, 3.63) is 0 Å². The first-order valence-electron chi connectivity index (χ1n) is 29.0. The lowest BCUT2D eigenvalue weighted by Gasteiger charge is -2.36. The van der Waals surface area contributed by atoms with Gasteiger partial charge < -0.3 is 76.2 Å². The van der Waals surface area contributed by atoms with E-state index in [-0.39, 0.29) is 93.7 Å². The number of nitrogens with one attached hydrogen (secondary N) is 5. The summed E-state index contributed by atoms with van der Waals surface area (Å²) < 4.78 is 22.6. The second-order valence-corrected chi connectivity index (χ2v) is 21.0. The molecule has 0 radical (unpaired) electrons. The molecular weight excluding hydrogens is 971 g/mol. The summed E-state index contributed by atoms with van der Waals surface area (Å²) in [6, 6.07) is -0.471. The number of ether oxygens (including phenoxy) is 4. The van der Waals surface area contributed by atoms with E-state index in [1.54, 1.807) is 0 Å². The number of unbranched alkanes of at least 4 members (excludes halogenated alkanes) is 12. The van der Waals surface area contributed by atoms with Crippen molar-refractivity contribution in [1.82, 2.24) is 26.6 Å². The standard InChI is InChI=1S/C55H103N5O15/c1-3-4-5-6-7-8-9-10-11-14-23-52(69)60-43(40-73-34-27-51(68)59-31-19-29-57-49(66)22-16-17-32-74-53-36-46(64)55(71)47(38-62)75-53)39-72-33-26-50(67)58-30-18-28-56-48(65)21-15-12-13-20-41(2)35-45(63)54(70)44(37-61)42-24-25-42/h41-47,53-55,61-64,70-71H,3-40H2,1-2H3,(H,56,65)(H,57,66)(H,58,67)(H,59,68)(H,60,69). The molecule has 0 aromatic carbocycles. The fourth-order valence-corrected chi connectivity index (χ4v) is 9.17. The number of amides is 5. The maximum Gasteiger partial charge on any atom is 0.222 e. The smallest absolute Gasteiger partial charge is 0.222 e. The van der Waals surface area contributed by atoms with Crippen molar-refractivity contribution in [2.45, 2.75) is 230 Å². The summed E-state index contributed by atoms with van der Waals surface area (Å²) in [7, 11) is 0.